The van der Waals surface area contributed by atoms with E-state index >= 15 is 0 Å². The summed E-state index contributed by atoms with van der Waals surface area (Å²) in [7, 11) is 1.96. The van der Waals surface area contributed by atoms with Crippen LogP contribution in [0, 0.1) is 6.92 Å². The van der Waals surface area contributed by atoms with E-state index in [1.165, 1.54) is 16.8 Å². The summed E-state index contributed by atoms with van der Waals surface area (Å²) in [5, 5.41) is 7.62. The van der Waals surface area contributed by atoms with E-state index in [4.69, 9.17) is 4.74 Å². The van der Waals surface area contributed by atoms with Crippen molar-refractivity contribution in [1.29, 1.82) is 0 Å². The number of nitrogens with one attached hydrogen (secondary N) is 1. The maximum absolute atomic E-state index is 5.97. The van der Waals surface area contributed by atoms with Gasteiger partial charge < -0.3 is 10.1 Å². The van der Waals surface area contributed by atoms with E-state index in [1.54, 1.807) is 0 Å². The predicted octanol–water partition coefficient (Wildman–Crippen LogP) is 2.85. The van der Waals surface area contributed by atoms with Crippen molar-refractivity contribution in [2.45, 2.75) is 39.8 Å². The minimum atomic E-state index is 0.466. The van der Waals surface area contributed by atoms with Gasteiger partial charge in [0.2, 0.25) is 0 Å². The molecule has 0 fully saturated rings. The molecule has 0 amide bonds. The van der Waals surface area contributed by atoms with E-state index in [9.17, 15) is 0 Å². The summed E-state index contributed by atoms with van der Waals surface area (Å²) in [6, 6.07) is 8.84. The molecule has 1 heterocycles. The number of nitrogens with zero attached hydrogens (tertiary/aromatic N) is 2. The van der Waals surface area contributed by atoms with Gasteiger partial charge in [0.15, 0.2) is 0 Å². The highest BCUT2D eigenvalue weighted by molar-refractivity contribution is 5.36. The van der Waals surface area contributed by atoms with Crippen LogP contribution in [0.15, 0.2) is 30.5 Å². The van der Waals surface area contributed by atoms with Gasteiger partial charge in [-0.3, -0.25) is 4.68 Å². The van der Waals surface area contributed by atoms with Crippen LogP contribution in [0.2, 0.25) is 0 Å². The van der Waals surface area contributed by atoms with E-state index in [0.29, 0.717) is 12.6 Å². The van der Waals surface area contributed by atoms with Crippen molar-refractivity contribution in [3.63, 3.8) is 0 Å². The first-order valence-electron chi connectivity index (χ1n) is 7.49. The SMILES string of the molecule is Cc1ccc(OCCc2ccnn2C)c(CNC(C)C)c1. The van der Waals surface area contributed by atoms with Gasteiger partial charge in [-0.15, -0.1) is 0 Å². The zero-order valence-corrected chi connectivity index (χ0v) is 13.4. The molecule has 21 heavy (non-hydrogen) atoms. The molecule has 1 N–H and O–H groups in total. The number of benzene rings is 1. The van der Waals surface area contributed by atoms with Crippen molar-refractivity contribution in [3.8, 4) is 5.75 Å². The molecule has 0 aliphatic rings. The highest BCUT2D eigenvalue weighted by Crippen LogP contribution is 2.20. The Morgan fingerprint density at radius 1 is 1.29 bits per heavy atom. The first kappa shape index (κ1) is 15.6. The summed E-state index contributed by atoms with van der Waals surface area (Å²) in [4.78, 5) is 0. The van der Waals surface area contributed by atoms with Crippen molar-refractivity contribution in [2.24, 2.45) is 7.05 Å². The maximum Gasteiger partial charge on any atom is 0.123 e. The van der Waals surface area contributed by atoms with Crippen molar-refractivity contribution in [1.82, 2.24) is 15.1 Å². The van der Waals surface area contributed by atoms with Crippen molar-refractivity contribution in [3.05, 3.63) is 47.3 Å². The van der Waals surface area contributed by atoms with Gasteiger partial charge in [0.25, 0.3) is 0 Å². The molecule has 1 aromatic carbocycles. The average molecular weight is 287 g/mol. The van der Waals surface area contributed by atoms with Crippen LogP contribution in [-0.2, 0) is 20.0 Å². The molecule has 4 heteroatoms. The van der Waals surface area contributed by atoms with E-state index in [-0.39, 0.29) is 0 Å². The standard InChI is InChI=1S/C17H25N3O/c1-13(2)18-12-15-11-14(3)5-6-17(15)21-10-8-16-7-9-19-20(16)4/h5-7,9,11,13,18H,8,10,12H2,1-4H3. The average Bonchev–Trinajstić information content (AvgIpc) is 2.84. The summed E-state index contributed by atoms with van der Waals surface area (Å²) in [5.41, 5.74) is 3.66. The van der Waals surface area contributed by atoms with Gasteiger partial charge in [-0.05, 0) is 19.1 Å². The molecule has 0 bridgehead atoms. The van der Waals surface area contributed by atoms with Crippen LogP contribution in [0.4, 0.5) is 0 Å². The topological polar surface area (TPSA) is 39.1 Å². The molecule has 2 rings (SSSR count). The summed E-state index contributed by atoms with van der Waals surface area (Å²) in [5.74, 6) is 0.968. The number of hydrogen-bond acceptors (Lipinski definition) is 3. The van der Waals surface area contributed by atoms with Crippen LogP contribution < -0.4 is 10.1 Å². The molecule has 0 aliphatic heterocycles. The summed E-state index contributed by atoms with van der Waals surface area (Å²) >= 11 is 0. The summed E-state index contributed by atoms with van der Waals surface area (Å²) in [6.45, 7) is 7.91. The lowest BCUT2D eigenvalue weighted by Gasteiger charge is -2.14. The molecule has 0 atom stereocenters. The summed E-state index contributed by atoms with van der Waals surface area (Å²) in [6.07, 6.45) is 2.68. The first-order chi connectivity index (χ1) is 10.1. The Hall–Kier alpha value is -1.81. The number of ether oxygens (including phenoxy) is 1. The van der Waals surface area contributed by atoms with Crippen LogP contribution >= 0.6 is 0 Å². The van der Waals surface area contributed by atoms with Gasteiger partial charge in [-0.1, -0.05) is 31.5 Å². The molecule has 0 saturated heterocycles. The third kappa shape index (κ3) is 4.60. The molecule has 2 aromatic rings. The van der Waals surface area contributed by atoms with Crippen molar-refractivity contribution < 1.29 is 4.74 Å². The molecule has 0 spiro atoms. The minimum Gasteiger partial charge on any atom is -0.493 e. The van der Waals surface area contributed by atoms with Crippen molar-refractivity contribution >= 4 is 0 Å². The number of hydrogen-bond donors (Lipinski definition) is 1. The molecule has 0 saturated carbocycles. The molecule has 0 aliphatic carbocycles. The fourth-order valence-electron chi connectivity index (χ4n) is 2.21. The van der Waals surface area contributed by atoms with Gasteiger partial charge in [0, 0.05) is 43.5 Å². The molecule has 0 radical (unpaired) electrons. The zero-order chi connectivity index (χ0) is 15.2. The Kier molecular flexibility index (Phi) is 5.39. The molecule has 114 valence electrons. The second-order valence-electron chi connectivity index (χ2n) is 5.69. The van der Waals surface area contributed by atoms with Gasteiger partial charge in [0.05, 0.1) is 6.61 Å². The normalized spacial score (nSPS) is 11.1. The van der Waals surface area contributed by atoms with Crippen LogP contribution in [-0.4, -0.2) is 22.4 Å². The Morgan fingerprint density at radius 2 is 2.10 bits per heavy atom. The van der Waals surface area contributed by atoms with Crippen molar-refractivity contribution in [2.75, 3.05) is 6.61 Å². The molecular weight excluding hydrogens is 262 g/mol. The molecule has 1 aromatic heterocycles. The quantitative estimate of drug-likeness (QED) is 0.851. The monoisotopic (exact) mass is 287 g/mol. The second-order valence-corrected chi connectivity index (χ2v) is 5.69. The van der Waals surface area contributed by atoms with E-state index in [2.05, 4.69) is 49.4 Å². The largest absolute Gasteiger partial charge is 0.493 e. The van der Waals surface area contributed by atoms with Gasteiger partial charge >= 0.3 is 0 Å². The van der Waals surface area contributed by atoms with E-state index in [0.717, 1.165) is 18.7 Å². The van der Waals surface area contributed by atoms with E-state index in [1.807, 2.05) is 24.0 Å². The lowest BCUT2D eigenvalue weighted by Crippen LogP contribution is -2.22. The highest BCUT2D eigenvalue weighted by Gasteiger charge is 2.06. The minimum absolute atomic E-state index is 0.466. The Morgan fingerprint density at radius 3 is 2.76 bits per heavy atom. The molecule has 4 nitrogen and oxygen atoms in total. The third-order valence-corrected chi connectivity index (χ3v) is 3.45. The Balaban J connectivity index is 1.96. The van der Waals surface area contributed by atoms with Gasteiger partial charge in [-0.2, -0.15) is 5.10 Å². The molecule has 0 unspecified atom stereocenters. The van der Waals surface area contributed by atoms with Gasteiger partial charge in [-0.25, -0.2) is 0 Å². The van der Waals surface area contributed by atoms with Crippen LogP contribution in [0.1, 0.15) is 30.7 Å². The third-order valence-electron chi connectivity index (χ3n) is 3.45. The fourth-order valence-corrected chi connectivity index (χ4v) is 2.21. The lowest BCUT2D eigenvalue weighted by atomic mass is 10.1. The lowest BCUT2D eigenvalue weighted by molar-refractivity contribution is 0.314. The number of aryl methyl sites for hydroxylation is 2. The fraction of sp³-hybridized carbons (Fsp3) is 0.471. The Labute approximate surface area is 127 Å². The van der Waals surface area contributed by atoms with E-state index < -0.39 is 0 Å². The second kappa shape index (κ2) is 7.27. The smallest absolute Gasteiger partial charge is 0.123 e. The molecular formula is C17H25N3O. The van der Waals surface area contributed by atoms with Gasteiger partial charge in [0.1, 0.15) is 5.75 Å². The maximum atomic E-state index is 5.97. The number of rotatable bonds is 7. The van der Waals surface area contributed by atoms with Crippen LogP contribution in [0.5, 0.6) is 5.75 Å². The Bertz CT molecular complexity index is 575. The van der Waals surface area contributed by atoms with Crippen LogP contribution in [0.3, 0.4) is 0 Å². The van der Waals surface area contributed by atoms with Crippen LogP contribution in [0.25, 0.3) is 0 Å². The zero-order valence-electron chi connectivity index (χ0n) is 13.4. The highest BCUT2D eigenvalue weighted by atomic mass is 16.5. The summed E-state index contributed by atoms with van der Waals surface area (Å²) < 4.78 is 7.86. The first-order valence-corrected chi connectivity index (χ1v) is 7.49. The number of aromatic nitrogens is 2. The predicted molar refractivity (Wildman–Crippen MR) is 85.6 cm³/mol.